The Bertz CT molecular complexity index is 930. The van der Waals surface area contributed by atoms with E-state index in [1.807, 2.05) is 54.0 Å². The molecule has 0 saturated carbocycles. The summed E-state index contributed by atoms with van der Waals surface area (Å²) in [4.78, 5) is 13.2. The largest absolute Gasteiger partial charge is 0.497 e. The first-order valence-corrected chi connectivity index (χ1v) is 7.92. The molecule has 0 aliphatic carbocycles. The molecule has 3 aromatic heterocycles. The van der Waals surface area contributed by atoms with E-state index >= 15 is 0 Å². The van der Waals surface area contributed by atoms with Crippen LogP contribution in [0.4, 0.5) is 0 Å². The summed E-state index contributed by atoms with van der Waals surface area (Å²) in [6.45, 7) is 0. The van der Waals surface area contributed by atoms with Crippen LogP contribution in [0.1, 0.15) is 0 Å². The van der Waals surface area contributed by atoms with Crippen LogP contribution in [0.2, 0.25) is 0 Å². The summed E-state index contributed by atoms with van der Waals surface area (Å²) >= 11 is 1.64. The fourth-order valence-electron chi connectivity index (χ4n) is 2.32. The van der Waals surface area contributed by atoms with E-state index in [4.69, 9.17) is 9.47 Å². The van der Waals surface area contributed by atoms with E-state index in [2.05, 4.69) is 15.0 Å². The van der Waals surface area contributed by atoms with E-state index in [0.717, 1.165) is 27.4 Å². The lowest BCUT2D eigenvalue weighted by Gasteiger charge is -2.07. The second-order valence-electron chi connectivity index (χ2n) is 4.85. The quantitative estimate of drug-likeness (QED) is 0.601. The average molecular weight is 323 g/mol. The molecule has 23 heavy (non-hydrogen) atoms. The van der Waals surface area contributed by atoms with Gasteiger partial charge in [-0.2, -0.15) is 9.97 Å². The molecule has 3 heterocycles. The Balaban J connectivity index is 1.75. The van der Waals surface area contributed by atoms with Gasteiger partial charge in [-0.15, -0.1) is 11.3 Å². The van der Waals surface area contributed by atoms with Gasteiger partial charge in [0.2, 0.25) is 0 Å². The molecular weight excluding hydrogens is 310 g/mol. The fraction of sp³-hybridized carbons (Fsp3) is 0.0588. The molecule has 0 aliphatic rings. The summed E-state index contributed by atoms with van der Waals surface area (Å²) in [7, 11) is 1.63. The van der Waals surface area contributed by atoms with E-state index in [1.165, 1.54) is 0 Å². The van der Waals surface area contributed by atoms with Gasteiger partial charge in [-0.25, -0.2) is 0 Å². The molecule has 0 amide bonds. The number of thiophene rings is 1. The number of methoxy groups -OCH3 is 1. The van der Waals surface area contributed by atoms with Crippen molar-refractivity contribution in [3.05, 3.63) is 54.0 Å². The zero-order chi connectivity index (χ0) is 15.6. The van der Waals surface area contributed by atoms with Crippen molar-refractivity contribution in [2.24, 2.45) is 0 Å². The van der Waals surface area contributed by atoms with Gasteiger partial charge in [-0.05, 0) is 41.8 Å². The molecule has 6 heteroatoms. The van der Waals surface area contributed by atoms with Gasteiger partial charge in [0.25, 0.3) is 0 Å². The van der Waals surface area contributed by atoms with Gasteiger partial charge in [0.05, 0.1) is 17.7 Å². The zero-order valence-electron chi connectivity index (χ0n) is 12.3. The summed E-state index contributed by atoms with van der Waals surface area (Å²) < 4.78 is 10.9. The van der Waals surface area contributed by atoms with Crippen molar-refractivity contribution in [1.82, 2.24) is 15.0 Å². The van der Waals surface area contributed by atoms with Gasteiger partial charge >= 0.3 is 6.01 Å². The van der Waals surface area contributed by atoms with Crippen LogP contribution in [0.25, 0.3) is 21.6 Å². The highest BCUT2D eigenvalue weighted by Gasteiger charge is 2.13. The highest BCUT2D eigenvalue weighted by molar-refractivity contribution is 7.13. The standard InChI is InChI=1S/C17H13N3O2S/c1-21-11-4-6-12(7-5-11)22-17-19-15(14-3-2-10-23-14)13-8-9-18-16(13)20-17/h2-10H,1H3,(H,18,19,20). The number of hydrogen-bond acceptors (Lipinski definition) is 5. The molecule has 4 rings (SSSR count). The highest BCUT2D eigenvalue weighted by atomic mass is 32.1. The second-order valence-corrected chi connectivity index (χ2v) is 5.80. The summed E-state index contributed by atoms with van der Waals surface area (Å²) in [5.74, 6) is 1.44. The van der Waals surface area contributed by atoms with Crippen molar-refractivity contribution in [3.63, 3.8) is 0 Å². The molecule has 114 valence electrons. The summed E-state index contributed by atoms with van der Waals surface area (Å²) in [5, 5.41) is 3.01. The number of aromatic amines is 1. The Morgan fingerprint density at radius 3 is 2.57 bits per heavy atom. The molecule has 0 radical (unpaired) electrons. The summed E-state index contributed by atoms with van der Waals surface area (Å²) in [6.07, 6.45) is 1.85. The van der Waals surface area contributed by atoms with E-state index in [0.29, 0.717) is 11.8 Å². The third-order valence-electron chi connectivity index (χ3n) is 3.42. The minimum atomic E-state index is 0.313. The lowest BCUT2D eigenvalue weighted by molar-refractivity contribution is 0.411. The highest BCUT2D eigenvalue weighted by Crippen LogP contribution is 2.31. The topological polar surface area (TPSA) is 60.0 Å². The van der Waals surface area contributed by atoms with Crippen molar-refractivity contribution < 1.29 is 9.47 Å². The van der Waals surface area contributed by atoms with Crippen molar-refractivity contribution in [3.8, 4) is 28.1 Å². The van der Waals surface area contributed by atoms with Gasteiger partial charge < -0.3 is 14.5 Å². The van der Waals surface area contributed by atoms with Crippen molar-refractivity contribution in [2.75, 3.05) is 7.11 Å². The Morgan fingerprint density at radius 2 is 1.83 bits per heavy atom. The molecule has 0 aliphatic heterocycles. The molecule has 0 saturated heterocycles. The molecule has 0 bridgehead atoms. The van der Waals surface area contributed by atoms with Crippen LogP contribution in [0, 0.1) is 0 Å². The Hall–Kier alpha value is -2.86. The number of rotatable bonds is 4. The number of ether oxygens (including phenoxy) is 2. The van der Waals surface area contributed by atoms with Crippen LogP contribution in [-0.2, 0) is 0 Å². The number of fused-ring (bicyclic) bond motifs is 1. The van der Waals surface area contributed by atoms with Crippen LogP contribution in [-0.4, -0.2) is 22.1 Å². The third-order valence-corrected chi connectivity index (χ3v) is 4.29. The molecule has 1 aromatic carbocycles. The van der Waals surface area contributed by atoms with Gasteiger partial charge in [-0.1, -0.05) is 6.07 Å². The van der Waals surface area contributed by atoms with Crippen LogP contribution >= 0.6 is 11.3 Å². The number of benzene rings is 1. The Kier molecular flexibility index (Phi) is 3.44. The van der Waals surface area contributed by atoms with Gasteiger partial charge in [0, 0.05) is 11.6 Å². The molecule has 0 atom stereocenters. The van der Waals surface area contributed by atoms with Crippen LogP contribution in [0.5, 0.6) is 17.5 Å². The van der Waals surface area contributed by atoms with Crippen LogP contribution < -0.4 is 9.47 Å². The van der Waals surface area contributed by atoms with Gasteiger partial charge in [0.15, 0.2) is 0 Å². The number of nitrogens with one attached hydrogen (secondary N) is 1. The molecular formula is C17H13N3O2S. The van der Waals surface area contributed by atoms with E-state index in [-0.39, 0.29) is 0 Å². The molecule has 0 fully saturated rings. The first-order valence-electron chi connectivity index (χ1n) is 7.04. The van der Waals surface area contributed by atoms with E-state index in [9.17, 15) is 0 Å². The first-order chi connectivity index (χ1) is 11.3. The predicted molar refractivity (Wildman–Crippen MR) is 90.3 cm³/mol. The van der Waals surface area contributed by atoms with Gasteiger partial charge in [0.1, 0.15) is 17.1 Å². The Morgan fingerprint density at radius 1 is 1.00 bits per heavy atom. The maximum atomic E-state index is 5.80. The number of H-pyrrole nitrogens is 1. The molecule has 0 unspecified atom stereocenters. The predicted octanol–water partition coefficient (Wildman–Crippen LogP) is 4.49. The van der Waals surface area contributed by atoms with E-state index < -0.39 is 0 Å². The summed E-state index contributed by atoms with van der Waals surface area (Å²) in [6, 6.07) is 13.7. The molecule has 4 aromatic rings. The molecule has 1 N–H and O–H groups in total. The summed E-state index contributed by atoms with van der Waals surface area (Å²) in [5.41, 5.74) is 1.63. The normalized spacial score (nSPS) is 10.8. The minimum absolute atomic E-state index is 0.313. The van der Waals surface area contributed by atoms with Crippen LogP contribution in [0.15, 0.2) is 54.0 Å². The number of hydrogen-bond donors (Lipinski definition) is 1. The first kappa shape index (κ1) is 13.8. The average Bonchev–Trinajstić information content (AvgIpc) is 3.26. The van der Waals surface area contributed by atoms with Crippen molar-refractivity contribution >= 4 is 22.4 Å². The smallest absolute Gasteiger partial charge is 0.324 e. The van der Waals surface area contributed by atoms with Crippen molar-refractivity contribution in [2.45, 2.75) is 0 Å². The molecule has 5 nitrogen and oxygen atoms in total. The Labute approximate surface area is 136 Å². The number of aromatic nitrogens is 3. The van der Waals surface area contributed by atoms with E-state index in [1.54, 1.807) is 18.4 Å². The molecule has 0 spiro atoms. The lowest BCUT2D eigenvalue weighted by atomic mass is 10.2. The maximum Gasteiger partial charge on any atom is 0.324 e. The zero-order valence-corrected chi connectivity index (χ0v) is 13.1. The monoisotopic (exact) mass is 323 g/mol. The minimum Gasteiger partial charge on any atom is -0.497 e. The van der Waals surface area contributed by atoms with Crippen LogP contribution in [0.3, 0.4) is 0 Å². The second kappa shape index (κ2) is 5.73. The number of nitrogens with zero attached hydrogens (tertiary/aromatic N) is 2. The van der Waals surface area contributed by atoms with Gasteiger partial charge in [-0.3, -0.25) is 0 Å². The fourth-order valence-corrected chi connectivity index (χ4v) is 3.04. The lowest BCUT2D eigenvalue weighted by Crippen LogP contribution is -1.95. The third kappa shape index (κ3) is 2.64. The van der Waals surface area contributed by atoms with Crippen molar-refractivity contribution in [1.29, 1.82) is 0 Å². The maximum absolute atomic E-state index is 5.80. The SMILES string of the molecule is COc1ccc(Oc2nc(-c3cccs3)c3cc[nH]c3n2)cc1.